The molecule has 16 heavy (non-hydrogen) atoms. The number of hydrogen-bond acceptors (Lipinski definition) is 4. The first kappa shape index (κ1) is 12.7. The van der Waals surface area contributed by atoms with Crippen LogP contribution in [0.4, 0.5) is 0 Å². The van der Waals surface area contributed by atoms with E-state index in [1.54, 1.807) is 36.4 Å². The van der Waals surface area contributed by atoms with Crippen LogP contribution in [0.1, 0.15) is 17.9 Å². The van der Waals surface area contributed by atoms with Crippen LogP contribution < -0.4 is 0 Å². The van der Waals surface area contributed by atoms with Crippen molar-refractivity contribution < 1.29 is 13.2 Å². The van der Waals surface area contributed by atoms with Crippen molar-refractivity contribution in [2.24, 2.45) is 0 Å². The van der Waals surface area contributed by atoms with E-state index in [9.17, 15) is 8.42 Å². The van der Waals surface area contributed by atoms with Crippen molar-refractivity contribution in [3.05, 3.63) is 35.9 Å². The van der Waals surface area contributed by atoms with Crippen LogP contribution >= 0.6 is 0 Å². The highest BCUT2D eigenvalue weighted by atomic mass is 32.2. The first-order chi connectivity index (χ1) is 7.54. The lowest BCUT2D eigenvalue weighted by Gasteiger charge is -2.17. The van der Waals surface area contributed by atoms with Gasteiger partial charge in [-0.15, -0.1) is 0 Å². The molecule has 0 radical (unpaired) electrons. The summed E-state index contributed by atoms with van der Waals surface area (Å²) in [5, 5.41) is 7.59. The molecule has 1 aromatic carbocycles. The van der Waals surface area contributed by atoms with Gasteiger partial charge in [0.05, 0.1) is 6.07 Å². The first-order valence-corrected chi connectivity index (χ1v) is 6.35. The van der Waals surface area contributed by atoms with Crippen molar-refractivity contribution in [3.63, 3.8) is 0 Å². The van der Waals surface area contributed by atoms with Gasteiger partial charge in [0.15, 0.2) is 15.3 Å². The van der Waals surface area contributed by atoms with Gasteiger partial charge in [0, 0.05) is 7.11 Å². The Bertz CT molecular complexity index is 476. The van der Waals surface area contributed by atoms with Crippen LogP contribution in [-0.2, 0) is 14.6 Å². The summed E-state index contributed by atoms with van der Waals surface area (Å²) in [6, 6.07) is 10.3. The third kappa shape index (κ3) is 2.40. The van der Waals surface area contributed by atoms with Crippen LogP contribution in [0.3, 0.4) is 0 Å². The summed E-state index contributed by atoms with van der Waals surface area (Å²) in [4.78, 5) is 0. The number of sulfone groups is 1. The lowest BCUT2D eigenvalue weighted by atomic mass is 10.2. The van der Waals surface area contributed by atoms with E-state index in [4.69, 9.17) is 10.00 Å². The quantitative estimate of drug-likeness (QED) is 0.801. The molecule has 1 rings (SSSR count). The smallest absolute Gasteiger partial charge is 0.197 e. The van der Waals surface area contributed by atoms with Crippen molar-refractivity contribution in [1.29, 1.82) is 5.26 Å². The van der Waals surface area contributed by atoms with Gasteiger partial charge in [-0.05, 0) is 12.5 Å². The van der Waals surface area contributed by atoms with Gasteiger partial charge >= 0.3 is 0 Å². The van der Waals surface area contributed by atoms with Gasteiger partial charge < -0.3 is 4.74 Å². The number of methoxy groups -OCH3 is 1. The summed E-state index contributed by atoms with van der Waals surface area (Å²) < 4.78 is 28.9. The van der Waals surface area contributed by atoms with E-state index in [0.29, 0.717) is 5.56 Å². The van der Waals surface area contributed by atoms with Gasteiger partial charge in [-0.1, -0.05) is 30.3 Å². The van der Waals surface area contributed by atoms with Crippen molar-refractivity contribution in [2.75, 3.05) is 7.11 Å². The molecule has 0 fully saturated rings. The number of nitrogens with zero attached hydrogens (tertiary/aromatic N) is 1. The minimum Gasteiger partial charge on any atom is -0.361 e. The molecule has 0 aliphatic heterocycles. The van der Waals surface area contributed by atoms with E-state index in [0.717, 1.165) is 0 Å². The molecular weight excluding hydrogens is 226 g/mol. The van der Waals surface area contributed by atoms with Gasteiger partial charge in [-0.2, -0.15) is 5.26 Å². The summed E-state index contributed by atoms with van der Waals surface area (Å²) in [6.45, 7) is 1.35. The van der Waals surface area contributed by atoms with Gasteiger partial charge in [-0.3, -0.25) is 0 Å². The Balaban J connectivity index is 3.15. The minimum absolute atomic E-state index is 0.534. The van der Waals surface area contributed by atoms with Crippen LogP contribution in [0, 0.1) is 11.3 Å². The Kier molecular flexibility index (Phi) is 4.05. The maximum Gasteiger partial charge on any atom is 0.197 e. The predicted octanol–water partition coefficient (Wildman–Crippen LogP) is 1.66. The lowest BCUT2D eigenvalue weighted by molar-refractivity contribution is 0.165. The molecule has 0 saturated carbocycles. The minimum atomic E-state index is -3.64. The van der Waals surface area contributed by atoms with Gasteiger partial charge in [0.25, 0.3) is 0 Å². The zero-order valence-electron chi connectivity index (χ0n) is 9.12. The second-order valence-electron chi connectivity index (χ2n) is 3.34. The summed E-state index contributed by atoms with van der Waals surface area (Å²) in [5.74, 6) is 0. The van der Waals surface area contributed by atoms with E-state index in [-0.39, 0.29) is 0 Å². The number of ether oxygens (including phenoxy) is 1. The highest BCUT2D eigenvalue weighted by Gasteiger charge is 2.32. The third-order valence-electron chi connectivity index (χ3n) is 2.26. The van der Waals surface area contributed by atoms with Crippen LogP contribution in [0.15, 0.2) is 30.3 Å². The average Bonchev–Trinajstić information content (AvgIpc) is 2.30. The fourth-order valence-electron chi connectivity index (χ4n) is 1.33. The second-order valence-corrected chi connectivity index (χ2v) is 5.65. The summed E-state index contributed by atoms with van der Waals surface area (Å²) >= 11 is 0. The standard InChI is InChI=1S/C11H13NO3S/c1-9(8-12)16(13,14)11(15-2)10-6-4-3-5-7-10/h3-7,9,11H,1-2H3. The highest BCUT2D eigenvalue weighted by molar-refractivity contribution is 7.92. The van der Waals surface area contributed by atoms with Gasteiger partial charge in [-0.25, -0.2) is 8.42 Å². The zero-order valence-corrected chi connectivity index (χ0v) is 9.94. The molecule has 0 amide bonds. The van der Waals surface area contributed by atoms with Crippen LogP contribution in [0.25, 0.3) is 0 Å². The zero-order chi connectivity index (χ0) is 12.2. The van der Waals surface area contributed by atoms with Crippen molar-refractivity contribution in [3.8, 4) is 6.07 Å². The first-order valence-electron chi connectivity index (χ1n) is 4.74. The summed E-state index contributed by atoms with van der Waals surface area (Å²) in [5.41, 5.74) is -0.546. The molecular formula is C11H13NO3S. The molecule has 4 nitrogen and oxygen atoms in total. The molecule has 0 N–H and O–H groups in total. The topological polar surface area (TPSA) is 67.2 Å². The Labute approximate surface area is 95.4 Å². The maximum atomic E-state index is 11.9. The number of hydrogen-bond donors (Lipinski definition) is 0. The molecule has 1 aromatic rings. The Morgan fingerprint density at radius 1 is 1.31 bits per heavy atom. The molecule has 0 aliphatic carbocycles. The van der Waals surface area contributed by atoms with E-state index in [1.165, 1.54) is 14.0 Å². The SMILES string of the molecule is COC(c1ccccc1)S(=O)(=O)C(C)C#N. The van der Waals surface area contributed by atoms with Crippen LogP contribution in [0.5, 0.6) is 0 Å². The molecule has 0 aromatic heterocycles. The molecule has 0 bridgehead atoms. The third-order valence-corrected chi connectivity index (χ3v) is 4.41. The van der Waals surface area contributed by atoms with Crippen molar-refractivity contribution in [2.45, 2.75) is 17.6 Å². The molecule has 2 unspecified atom stereocenters. The Morgan fingerprint density at radius 2 is 1.88 bits per heavy atom. The van der Waals surface area contributed by atoms with E-state index < -0.39 is 20.5 Å². The van der Waals surface area contributed by atoms with E-state index in [1.807, 2.05) is 0 Å². The molecule has 0 heterocycles. The number of rotatable bonds is 4. The molecule has 86 valence electrons. The summed E-state index contributed by atoms with van der Waals surface area (Å²) in [7, 11) is -2.32. The second kappa shape index (κ2) is 5.10. The molecule has 0 spiro atoms. The van der Waals surface area contributed by atoms with Gasteiger partial charge in [0.1, 0.15) is 5.25 Å². The van der Waals surface area contributed by atoms with Crippen molar-refractivity contribution in [1.82, 2.24) is 0 Å². The normalized spacial score (nSPS) is 15.1. The summed E-state index contributed by atoms with van der Waals surface area (Å²) in [6.07, 6.45) is 0. The van der Waals surface area contributed by atoms with E-state index >= 15 is 0 Å². The molecule has 5 heteroatoms. The average molecular weight is 239 g/mol. The fourth-order valence-corrected chi connectivity index (χ4v) is 2.65. The number of nitriles is 1. The largest absolute Gasteiger partial charge is 0.361 e. The molecule has 2 atom stereocenters. The highest BCUT2D eigenvalue weighted by Crippen LogP contribution is 2.26. The van der Waals surface area contributed by atoms with Crippen LogP contribution in [-0.4, -0.2) is 20.8 Å². The predicted molar refractivity (Wildman–Crippen MR) is 60.2 cm³/mol. The monoisotopic (exact) mass is 239 g/mol. The number of benzene rings is 1. The van der Waals surface area contributed by atoms with E-state index in [2.05, 4.69) is 0 Å². The fraction of sp³-hybridized carbons (Fsp3) is 0.364. The van der Waals surface area contributed by atoms with Crippen molar-refractivity contribution >= 4 is 9.84 Å². The lowest BCUT2D eigenvalue weighted by Crippen LogP contribution is -2.24. The molecule has 0 saturated heterocycles. The Hall–Kier alpha value is -1.38. The van der Waals surface area contributed by atoms with Crippen LogP contribution in [0.2, 0.25) is 0 Å². The van der Waals surface area contributed by atoms with Gasteiger partial charge in [0.2, 0.25) is 0 Å². The Morgan fingerprint density at radius 3 is 2.31 bits per heavy atom. The molecule has 0 aliphatic rings. The maximum absolute atomic E-state index is 11.9.